The highest BCUT2D eigenvalue weighted by molar-refractivity contribution is 8.07. The minimum Gasteiger partial charge on any atom is -0.497 e. The molecule has 3 atom stereocenters. The van der Waals surface area contributed by atoms with Crippen molar-refractivity contribution in [2.75, 3.05) is 25.7 Å². The number of rotatable bonds is 4. The summed E-state index contributed by atoms with van der Waals surface area (Å²) in [5, 5.41) is 11.3. The topological polar surface area (TPSA) is 38.7 Å². The summed E-state index contributed by atoms with van der Waals surface area (Å²) in [5.41, 5.74) is 0.843. The van der Waals surface area contributed by atoms with Crippen molar-refractivity contribution in [3.05, 3.63) is 23.8 Å². The lowest BCUT2D eigenvalue weighted by molar-refractivity contribution is 0.169. The van der Waals surface area contributed by atoms with Crippen LogP contribution >= 0.6 is 23.5 Å². The molecule has 0 radical (unpaired) electrons. The van der Waals surface area contributed by atoms with Crippen LogP contribution in [0.2, 0.25) is 0 Å². The van der Waals surface area contributed by atoms with E-state index < -0.39 is 6.10 Å². The predicted molar refractivity (Wildman–Crippen MR) is 82.7 cm³/mol. The van der Waals surface area contributed by atoms with Gasteiger partial charge in [0, 0.05) is 33.6 Å². The molecule has 1 aromatic carbocycles. The van der Waals surface area contributed by atoms with Gasteiger partial charge >= 0.3 is 0 Å². The van der Waals surface area contributed by atoms with E-state index in [1.807, 2.05) is 41.7 Å². The average Bonchev–Trinajstić information content (AvgIpc) is 2.46. The van der Waals surface area contributed by atoms with Crippen LogP contribution < -0.4 is 9.47 Å². The van der Waals surface area contributed by atoms with Gasteiger partial charge in [0.15, 0.2) is 0 Å². The predicted octanol–water partition coefficient (Wildman–Crippen LogP) is 2.97. The van der Waals surface area contributed by atoms with E-state index in [0.29, 0.717) is 11.0 Å². The number of methoxy groups -OCH3 is 2. The van der Waals surface area contributed by atoms with Gasteiger partial charge in [-0.05, 0) is 12.1 Å². The minimum absolute atomic E-state index is 0.209. The second kappa shape index (κ2) is 6.77. The maximum absolute atomic E-state index is 10.6. The van der Waals surface area contributed by atoms with Crippen LogP contribution in [0.15, 0.2) is 18.2 Å². The number of benzene rings is 1. The highest BCUT2D eigenvalue weighted by atomic mass is 32.2. The molecule has 1 saturated heterocycles. The zero-order chi connectivity index (χ0) is 13.8. The Morgan fingerprint density at radius 3 is 2.58 bits per heavy atom. The van der Waals surface area contributed by atoms with Crippen molar-refractivity contribution in [1.29, 1.82) is 0 Å². The smallest absolute Gasteiger partial charge is 0.128 e. The number of hydrogen-bond donors (Lipinski definition) is 1. The molecule has 106 valence electrons. The first-order valence-corrected chi connectivity index (χ1v) is 8.40. The number of aliphatic hydroxyl groups is 1. The van der Waals surface area contributed by atoms with Crippen LogP contribution in [0.5, 0.6) is 11.5 Å². The van der Waals surface area contributed by atoms with Crippen molar-refractivity contribution >= 4 is 23.5 Å². The van der Waals surface area contributed by atoms with Crippen LogP contribution in [0.1, 0.15) is 18.6 Å². The summed E-state index contributed by atoms with van der Waals surface area (Å²) in [5.74, 6) is 3.69. The minimum atomic E-state index is -0.506. The Morgan fingerprint density at radius 1 is 1.21 bits per heavy atom. The Morgan fingerprint density at radius 2 is 1.95 bits per heavy atom. The van der Waals surface area contributed by atoms with Crippen LogP contribution in [0.4, 0.5) is 0 Å². The largest absolute Gasteiger partial charge is 0.497 e. The average molecular weight is 300 g/mol. The van der Waals surface area contributed by atoms with Gasteiger partial charge in [-0.25, -0.2) is 0 Å². The Kier molecular flexibility index (Phi) is 5.30. The van der Waals surface area contributed by atoms with E-state index in [1.54, 1.807) is 14.2 Å². The number of hydrogen-bond acceptors (Lipinski definition) is 5. The van der Waals surface area contributed by atoms with E-state index in [9.17, 15) is 5.11 Å². The highest BCUT2D eigenvalue weighted by Crippen LogP contribution is 2.41. The Labute approximate surface area is 123 Å². The molecule has 0 amide bonds. The van der Waals surface area contributed by atoms with Crippen molar-refractivity contribution in [3.63, 3.8) is 0 Å². The molecule has 19 heavy (non-hydrogen) atoms. The lowest BCUT2D eigenvalue weighted by Crippen LogP contribution is -2.29. The summed E-state index contributed by atoms with van der Waals surface area (Å²) in [6, 6.07) is 5.59. The van der Waals surface area contributed by atoms with E-state index in [4.69, 9.17) is 9.47 Å². The Hall–Kier alpha value is -0.520. The molecule has 5 heteroatoms. The van der Waals surface area contributed by atoms with Crippen molar-refractivity contribution in [2.24, 2.45) is 0 Å². The van der Waals surface area contributed by atoms with E-state index in [0.717, 1.165) is 22.8 Å². The molecule has 1 aromatic rings. The highest BCUT2D eigenvalue weighted by Gasteiger charge is 2.31. The standard InChI is InChI=1S/C14H20O3S2/c1-9-14(19-7-6-18-9)13(15)11-5-4-10(16-2)8-12(11)17-3/h4-5,8-9,13-15H,6-7H2,1-3H3. The molecule has 3 unspecified atom stereocenters. The maximum atomic E-state index is 10.6. The zero-order valence-electron chi connectivity index (χ0n) is 11.5. The van der Waals surface area contributed by atoms with Crippen LogP contribution in [-0.4, -0.2) is 41.3 Å². The van der Waals surface area contributed by atoms with Crippen molar-refractivity contribution < 1.29 is 14.6 Å². The first kappa shape index (κ1) is 14.9. The third-order valence-electron chi connectivity index (χ3n) is 3.31. The number of thioether (sulfide) groups is 2. The molecule has 1 aliphatic heterocycles. The molecule has 0 spiro atoms. The fourth-order valence-electron chi connectivity index (χ4n) is 2.24. The van der Waals surface area contributed by atoms with Gasteiger partial charge in [-0.1, -0.05) is 6.92 Å². The van der Waals surface area contributed by atoms with Crippen LogP contribution in [0.25, 0.3) is 0 Å². The number of aliphatic hydroxyl groups excluding tert-OH is 1. The molecular weight excluding hydrogens is 280 g/mol. The van der Waals surface area contributed by atoms with E-state index in [-0.39, 0.29) is 5.25 Å². The lowest BCUT2D eigenvalue weighted by Gasteiger charge is -2.32. The molecule has 0 saturated carbocycles. The molecule has 3 nitrogen and oxygen atoms in total. The maximum Gasteiger partial charge on any atom is 0.128 e. The quantitative estimate of drug-likeness (QED) is 0.925. The molecule has 0 bridgehead atoms. The molecule has 0 aromatic heterocycles. The van der Waals surface area contributed by atoms with Gasteiger partial charge in [-0.3, -0.25) is 0 Å². The molecule has 2 rings (SSSR count). The third kappa shape index (κ3) is 3.33. The normalized spacial score (nSPS) is 24.8. The molecule has 0 aliphatic carbocycles. The van der Waals surface area contributed by atoms with E-state index in [1.165, 1.54) is 0 Å². The molecule has 1 N–H and O–H groups in total. The summed E-state index contributed by atoms with van der Waals surface area (Å²) in [6.07, 6.45) is -0.506. The second-order valence-corrected chi connectivity index (χ2v) is 7.24. The molecule has 1 aliphatic rings. The van der Waals surface area contributed by atoms with Crippen molar-refractivity contribution in [2.45, 2.75) is 23.5 Å². The van der Waals surface area contributed by atoms with Crippen LogP contribution in [0, 0.1) is 0 Å². The monoisotopic (exact) mass is 300 g/mol. The Bertz CT molecular complexity index is 425. The van der Waals surface area contributed by atoms with Crippen LogP contribution in [0.3, 0.4) is 0 Å². The van der Waals surface area contributed by atoms with Crippen molar-refractivity contribution in [1.82, 2.24) is 0 Å². The van der Waals surface area contributed by atoms with Gasteiger partial charge in [0.25, 0.3) is 0 Å². The SMILES string of the molecule is COc1ccc(C(O)C2SCCSC2C)c(OC)c1. The summed E-state index contributed by atoms with van der Waals surface area (Å²) in [7, 11) is 3.25. The van der Waals surface area contributed by atoms with Gasteiger partial charge < -0.3 is 14.6 Å². The fourth-order valence-corrected chi connectivity index (χ4v) is 5.06. The first-order chi connectivity index (χ1) is 9.17. The molecule has 1 fully saturated rings. The first-order valence-electron chi connectivity index (χ1n) is 6.30. The van der Waals surface area contributed by atoms with Gasteiger partial charge in [0.05, 0.1) is 20.3 Å². The third-order valence-corrected chi connectivity index (χ3v) is 6.49. The lowest BCUT2D eigenvalue weighted by atomic mass is 10.0. The van der Waals surface area contributed by atoms with Crippen molar-refractivity contribution in [3.8, 4) is 11.5 Å². The summed E-state index contributed by atoms with van der Waals surface area (Å²) in [4.78, 5) is 0. The van der Waals surface area contributed by atoms with Gasteiger partial charge in [-0.2, -0.15) is 23.5 Å². The zero-order valence-corrected chi connectivity index (χ0v) is 13.1. The van der Waals surface area contributed by atoms with Gasteiger partial charge in [0.2, 0.25) is 0 Å². The van der Waals surface area contributed by atoms with Crippen LogP contribution in [-0.2, 0) is 0 Å². The fraction of sp³-hybridized carbons (Fsp3) is 0.571. The molecular formula is C14H20O3S2. The second-order valence-electron chi connectivity index (χ2n) is 4.46. The number of ether oxygens (including phenoxy) is 2. The summed E-state index contributed by atoms with van der Waals surface area (Å²) in [6.45, 7) is 2.18. The Balaban J connectivity index is 2.24. The summed E-state index contributed by atoms with van der Waals surface area (Å²) >= 11 is 3.77. The summed E-state index contributed by atoms with van der Waals surface area (Å²) < 4.78 is 10.6. The van der Waals surface area contributed by atoms with Gasteiger partial charge in [-0.15, -0.1) is 0 Å². The van der Waals surface area contributed by atoms with Gasteiger partial charge in [0.1, 0.15) is 11.5 Å². The van der Waals surface area contributed by atoms with E-state index >= 15 is 0 Å². The van der Waals surface area contributed by atoms with E-state index in [2.05, 4.69) is 6.92 Å². The molecule has 1 heterocycles.